The van der Waals surface area contributed by atoms with Gasteiger partial charge in [0.1, 0.15) is 4.99 Å². The second kappa shape index (κ2) is 6.05. The number of anilines is 1. The first-order chi connectivity index (χ1) is 7.15. The van der Waals surface area contributed by atoms with Crippen molar-refractivity contribution in [2.45, 2.75) is 0 Å². The minimum atomic E-state index is 0.394. The smallest absolute Gasteiger partial charge is 0.105 e. The Balaban J connectivity index is 2.69. The maximum Gasteiger partial charge on any atom is 0.105 e. The van der Waals surface area contributed by atoms with Crippen LogP contribution in [0.5, 0.6) is 0 Å². The van der Waals surface area contributed by atoms with Crippen LogP contribution in [-0.4, -0.2) is 25.2 Å². The van der Waals surface area contributed by atoms with Gasteiger partial charge in [0.25, 0.3) is 0 Å². The predicted octanol–water partition coefficient (Wildman–Crippen LogP) is 2.14. The summed E-state index contributed by atoms with van der Waals surface area (Å²) in [5.74, 6) is 0. The van der Waals surface area contributed by atoms with Gasteiger partial charge in [-0.25, -0.2) is 0 Å². The van der Waals surface area contributed by atoms with Crippen LogP contribution >= 0.6 is 28.1 Å². The molecule has 1 aromatic rings. The van der Waals surface area contributed by atoms with Crippen molar-refractivity contribution < 1.29 is 4.74 Å². The minimum absolute atomic E-state index is 0.394. The highest BCUT2D eigenvalue weighted by atomic mass is 79.9. The summed E-state index contributed by atoms with van der Waals surface area (Å²) in [7, 11) is 1.67. The quantitative estimate of drug-likeness (QED) is 0.644. The Morgan fingerprint density at radius 2 is 2.33 bits per heavy atom. The molecule has 0 bridgehead atoms. The number of hydrogen-bond acceptors (Lipinski definition) is 3. The Hall–Kier alpha value is -0.650. The topological polar surface area (TPSA) is 47.3 Å². The highest BCUT2D eigenvalue weighted by Gasteiger charge is 2.03. The third-order valence-corrected chi connectivity index (χ3v) is 2.75. The van der Waals surface area contributed by atoms with E-state index in [2.05, 4.69) is 21.2 Å². The van der Waals surface area contributed by atoms with Crippen molar-refractivity contribution in [2.75, 3.05) is 25.6 Å². The van der Waals surface area contributed by atoms with Gasteiger partial charge in [-0.2, -0.15) is 0 Å². The maximum atomic E-state index is 5.55. The first kappa shape index (κ1) is 12.4. The van der Waals surface area contributed by atoms with Gasteiger partial charge in [-0.3, -0.25) is 0 Å². The Bertz CT molecular complexity index is 357. The zero-order valence-corrected chi connectivity index (χ0v) is 10.8. The van der Waals surface area contributed by atoms with E-state index in [1.54, 1.807) is 7.11 Å². The summed E-state index contributed by atoms with van der Waals surface area (Å²) >= 11 is 8.32. The van der Waals surface area contributed by atoms with Crippen molar-refractivity contribution in [1.82, 2.24) is 0 Å². The van der Waals surface area contributed by atoms with E-state index in [4.69, 9.17) is 22.7 Å². The number of nitrogens with two attached hydrogens (primary N) is 1. The van der Waals surface area contributed by atoms with Crippen LogP contribution < -0.4 is 11.1 Å². The lowest BCUT2D eigenvalue weighted by Crippen LogP contribution is -2.11. The van der Waals surface area contributed by atoms with Crippen molar-refractivity contribution in [2.24, 2.45) is 5.73 Å². The number of rotatable bonds is 5. The molecule has 0 aromatic heterocycles. The van der Waals surface area contributed by atoms with E-state index in [1.807, 2.05) is 18.2 Å². The number of methoxy groups -OCH3 is 1. The summed E-state index contributed by atoms with van der Waals surface area (Å²) in [5.41, 5.74) is 7.41. The van der Waals surface area contributed by atoms with E-state index < -0.39 is 0 Å². The molecule has 0 unspecified atom stereocenters. The zero-order chi connectivity index (χ0) is 11.3. The fraction of sp³-hybridized carbons (Fsp3) is 0.300. The van der Waals surface area contributed by atoms with Crippen molar-refractivity contribution in [3.63, 3.8) is 0 Å². The summed E-state index contributed by atoms with van der Waals surface area (Å²) in [5, 5.41) is 3.21. The molecular weight excluding hydrogens is 276 g/mol. The van der Waals surface area contributed by atoms with E-state index in [1.165, 1.54) is 0 Å². The second-order valence-electron chi connectivity index (χ2n) is 2.98. The SMILES string of the molecule is COCCNc1ccc(C(N)=S)c(Br)c1. The number of hydrogen-bond donors (Lipinski definition) is 2. The standard InChI is InChI=1S/C10H13BrN2OS/c1-14-5-4-13-7-2-3-8(10(12)15)9(11)6-7/h2-3,6,13H,4-5H2,1H3,(H2,12,15). The summed E-state index contributed by atoms with van der Waals surface area (Å²) < 4.78 is 5.84. The Morgan fingerprint density at radius 3 is 2.87 bits per heavy atom. The average molecular weight is 289 g/mol. The molecule has 3 nitrogen and oxygen atoms in total. The van der Waals surface area contributed by atoms with Gasteiger partial charge in [0, 0.05) is 29.4 Å². The van der Waals surface area contributed by atoms with Gasteiger partial charge in [0.2, 0.25) is 0 Å². The number of halogens is 1. The number of nitrogens with one attached hydrogen (secondary N) is 1. The second-order valence-corrected chi connectivity index (χ2v) is 4.27. The molecule has 1 rings (SSSR count). The van der Waals surface area contributed by atoms with Gasteiger partial charge in [-0.05, 0) is 34.1 Å². The Kier molecular flexibility index (Phi) is 5.01. The first-order valence-electron chi connectivity index (χ1n) is 4.47. The molecule has 0 saturated heterocycles. The van der Waals surface area contributed by atoms with Crippen molar-refractivity contribution in [1.29, 1.82) is 0 Å². The summed E-state index contributed by atoms with van der Waals surface area (Å²) in [6.07, 6.45) is 0. The first-order valence-corrected chi connectivity index (χ1v) is 5.67. The third-order valence-electron chi connectivity index (χ3n) is 1.87. The molecule has 5 heteroatoms. The monoisotopic (exact) mass is 288 g/mol. The number of ether oxygens (including phenoxy) is 1. The molecule has 0 heterocycles. The zero-order valence-electron chi connectivity index (χ0n) is 8.42. The molecule has 82 valence electrons. The van der Waals surface area contributed by atoms with Gasteiger partial charge in [0.15, 0.2) is 0 Å². The van der Waals surface area contributed by atoms with E-state index in [0.29, 0.717) is 11.6 Å². The fourth-order valence-corrected chi connectivity index (χ4v) is 2.02. The summed E-state index contributed by atoms with van der Waals surface area (Å²) in [6.45, 7) is 1.45. The maximum absolute atomic E-state index is 5.55. The third kappa shape index (κ3) is 3.77. The predicted molar refractivity (Wildman–Crippen MR) is 70.4 cm³/mol. The van der Waals surface area contributed by atoms with Crippen LogP contribution in [0.15, 0.2) is 22.7 Å². The highest BCUT2D eigenvalue weighted by Crippen LogP contribution is 2.21. The minimum Gasteiger partial charge on any atom is -0.389 e. The summed E-state index contributed by atoms with van der Waals surface area (Å²) in [4.78, 5) is 0.394. The molecule has 3 N–H and O–H groups in total. The molecule has 0 saturated carbocycles. The molecule has 0 radical (unpaired) electrons. The van der Waals surface area contributed by atoms with Crippen LogP contribution in [0.4, 0.5) is 5.69 Å². The Labute approximate surface area is 103 Å². The molecule has 1 aromatic carbocycles. The molecule has 0 aliphatic rings. The van der Waals surface area contributed by atoms with Crippen LogP contribution in [0.1, 0.15) is 5.56 Å². The van der Waals surface area contributed by atoms with Gasteiger partial charge in [-0.15, -0.1) is 0 Å². The molecule has 0 aliphatic carbocycles. The molecular formula is C10H13BrN2OS. The molecule has 0 aliphatic heterocycles. The van der Waals surface area contributed by atoms with Crippen LogP contribution in [0.2, 0.25) is 0 Å². The van der Waals surface area contributed by atoms with Crippen LogP contribution in [0.25, 0.3) is 0 Å². The average Bonchev–Trinajstić information content (AvgIpc) is 2.17. The van der Waals surface area contributed by atoms with Crippen LogP contribution in [0.3, 0.4) is 0 Å². The van der Waals surface area contributed by atoms with Crippen LogP contribution in [0, 0.1) is 0 Å². The van der Waals surface area contributed by atoms with Gasteiger partial charge < -0.3 is 15.8 Å². The Morgan fingerprint density at radius 1 is 1.60 bits per heavy atom. The van der Waals surface area contributed by atoms with E-state index >= 15 is 0 Å². The molecule has 0 atom stereocenters. The van der Waals surface area contributed by atoms with Crippen molar-refractivity contribution >= 4 is 38.8 Å². The van der Waals surface area contributed by atoms with Gasteiger partial charge >= 0.3 is 0 Å². The molecule has 0 spiro atoms. The number of thiocarbonyl (C=S) groups is 1. The van der Waals surface area contributed by atoms with E-state index in [0.717, 1.165) is 22.3 Å². The molecule has 0 amide bonds. The van der Waals surface area contributed by atoms with E-state index in [9.17, 15) is 0 Å². The highest BCUT2D eigenvalue weighted by molar-refractivity contribution is 9.10. The van der Waals surface area contributed by atoms with Gasteiger partial charge in [0.05, 0.1) is 6.61 Å². The van der Waals surface area contributed by atoms with E-state index in [-0.39, 0.29) is 0 Å². The van der Waals surface area contributed by atoms with Crippen molar-refractivity contribution in [3.05, 3.63) is 28.2 Å². The molecule has 15 heavy (non-hydrogen) atoms. The molecule has 0 fully saturated rings. The van der Waals surface area contributed by atoms with Crippen molar-refractivity contribution in [3.8, 4) is 0 Å². The number of benzene rings is 1. The lowest BCUT2D eigenvalue weighted by molar-refractivity contribution is 0.211. The lowest BCUT2D eigenvalue weighted by atomic mass is 10.2. The lowest BCUT2D eigenvalue weighted by Gasteiger charge is -2.08. The summed E-state index contributed by atoms with van der Waals surface area (Å²) in [6, 6.07) is 5.78. The van der Waals surface area contributed by atoms with Crippen LogP contribution in [-0.2, 0) is 4.74 Å². The largest absolute Gasteiger partial charge is 0.389 e. The van der Waals surface area contributed by atoms with Gasteiger partial charge in [-0.1, -0.05) is 12.2 Å². The normalized spacial score (nSPS) is 10.0. The fourth-order valence-electron chi connectivity index (χ4n) is 1.12.